The number of rotatable bonds is 6. The minimum absolute atomic E-state index is 0.357. The molecule has 6 heteroatoms. The second-order valence-electron chi connectivity index (χ2n) is 4.18. The number of aryl methyl sites for hydroxylation is 1. The zero-order valence-electron chi connectivity index (χ0n) is 10.2. The van der Waals surface area contributed by atoms with Crippen LogP contribution in [-0.2, 0) is 13.1 Å². The van der Waals surface area contributed by atoms with Crippen molar-refractivity contribution in [3.05, 3.63) is 51.5 Å². The maximum Gasteiger partial charge on any atom is 0.166 e. The van der Waals surface area contributed by atoms with Crippen molar-refractivity contribution in [1.29, 1.82) is 0 Å². The number of aromatic nitrogens is 2. The molecule has 0 fully saturated rings. The Morgan fingerprint density at radius 1 is 1.11 bits per heavy atom. The normalized spacial score (nSPS) is 10.9. The van der Waals surface area contributed by atoms with Gasteiger partial charge in [0.05, 0.1) is 6.33 Å². The van der Waals surface area contributed by atoms with Crippen LogP contribution in [0.3, 0.4) is 0 Å². The van der Waals surface area contributed by atoms with E-state index in [0.717, 1.165) is 31.1 Å². The second-order valence-corrected chi connectivity index (χ2v) is 5.33. The van der Waals surface area contributed by atoms with Gasteiger partial charge in [0.25, 0.3) is 0 Å². The molecule has 1 aromatic heterocycles. The van der Waals surface area contributed by atoms with Crippen molar-refractivity contribution in [2.75, 3.05) is 6.54 Å². The molecule has 1 N–H and O–H groups in total. The Labute approximate surface area is 127 Å². The van der Waals surface area contributed by atoms with Crippen molar-refractivity contribution in [1.82, 2.24) is 14.9 Å². The predicted molar refractivity (Wildman–Crippen MR) is 80.0 cm³/mol. The number of imidazole rings is 1. The molecule has 0 unspecified atom stereocenters. The summed E-state index contributed by atoms with van der Waals surface area (Å²) in [4.78, 5) is 3.93. The van der Waals surface area contributed by atoms with E-state index in [-0.39, 0.29) is 0 Å². The Morgan fingerprint density at radius 3 is 2.47 bits per heavy atom. The van der Waals surface area contributed by atoms with Gasteiger partial charge in [-0.1, -0.05) is 46.9 Å². The Hall–Kier alpha value is -0.740. The molecule has 19 heavy (non-hydrogen) atoms. The highest BCUT2D eigenvalue weighted by Crippen LogP contribution is 2.19. The standard InChI is InChI=1S/C13H14Cl3N3/c14-11-4-2-10(3-5-11)8-17-6-1-7-19-9-18-12(15)13(19)16/h2-5,9,17H,1,6-8H2. The molecule has 1 heterocycles. The van der Waals surface area contributed by atoms with Crippen LogP contribution in [0.1, 0.15) is 12.0 Å². The monoisotopic (exact) mass is 317 g/mol. The topological polar surface area (TPSA) is 29.9 Å². The molecular formula is C13H14Cl3N3. The fourth-order valence-corrected chi connectivity index (χ4v) is 2.16. The van der Waals surface area contributed by atoms with Gasteiger partial charge in [0.1, 0.15) is 5.15 Å². The molecule has 0 aliphatic rings. The summed E-state index contributed by atoms with van der Waals surface area (Å²) in [6.45, 7) is 2.52. The molecule has 0 atom stereocenters. The summed E-state index contributed by atoms with van der Waals surface area (Å²) in [6.07, 6.45) is 2.61. The molecule has 0 saturated carbocycles. The molecule has 3 nitrogen and oxygen atoms in total. The van der Waals surface area contributed by atoms with E-state index in [1.165, 1.54) is 5.56 Å². The molecule has 0 radical (unpaired) electrons. The SMILES string of the molecule is Clc1ccc(CNCCCn2cnc(Cl)c2Cl)cc1. The van der Waals surface area contributed by atoms with Gasteiger partial charge < -0.3 is 9.88 Å². The van der Waals surface area contributed by atoms with E-state index >= 15 is 0 Å². The summed E-state index contributed by atoms with van der Waals surface area (Å²) >= 11 is 17.6. The third-order valence-corrected chi connectivity index (χ3v) is 3.75. The van der Waals surface area contributed by atoms with E-state index in [4.69, 9.17) is 34.8 Å². The average molecular weight is 319 g/mol. The van der Waals surface area contributed by atoms with Crippen molar-refractivity contribution in [3.8, 4) is 0 Å². The maximum atomic E-state index is 5.97. The second kappa shape index (κ2) is 7.15. The maximum absolute atomic E-state index is 5.97. The van der Waals surface area contributed by atoms with Gasteiger partial charge in [0.2, 0.25) is 0 Å². The minimum Gasteiger partial charge on any atom is -0.320 e. The molecule has 1 aromatic carbocycles. The van der Waals surface area contributed by atoms with E-state index in [1.54, 1.807) is 6.33 Å². The fraction of sp³-hybridized carbons (Fsp3) is 0.308. The lowest BCUT2D eigenvalue weighted by atomic mass is 10.2. The zero-order chi connectivity index (χ0) is 13.7. The van der Waals surface area contributed by atoms with Crippen LogP contribution in [-0.4, -0.2) is 16.1 Å². The Kier molecular flexibility index (Phi) is 5.52. The summed E-state index contributed by atoms with van der Waals surface area (Å²) in [5.74, 6) is 0. The van der Waals surface area contributed by atoms with Crippen LogP contribution in [0, 0.1) is 0 Å². The molecule has 0 aliphatic heterocycles. The van der Waals surface area contributed by atoms with Gasteiger partial charge >= 0.3 is 0 Å². The third-order valence-electron chi connectivity index (χ3n) is 2.73. The van der Waals surface area contributed by atoms with Gasteiger partial charge in [-0.25, -0.2) is 4.98 Å². The first-order valence-corrected chi connectivity index (χ1v) is 7.11. The highest BCUT2D eigenvalue weighted by Gasteiger charge is 2.04. The molecule has 0 bridgehead atoms. The number of nitrogens with one attached hydrogen (secondary N) is 1. The van der Waals surface area contributed by atoms with Crippen LogP contribution in [0.5, 0.6) is 0 Å². The number of hydrogen-bond donors (Lipinski definition) is 1. The van der Waals surface area contributed by atoms with Gasteiger partial charge in [0.15, 0.2) is 5.15 Å². The van der Waals surface area contributed by atoms with Gasteiger partial charge in [-0.3, -0.25) is 0 Å². The smallest absolute Gasteiger partial charge is 0.166 e. The van der Waals surface area contributed by atoms with Crippen molar-refractivity contribution in [3.63, 3.8) is 0 Å². The summed E-state index contributed by atoms with van der Waals surface area (Å²) in [7, 11) is 0. The first-order valence-electron chi connectivity index (χ1n) is 5.98. The van der Waals surface area contributed by atoms with Crippen LogP contribution < -0.4 is 5.32 Å². The molecule has 0 amide bonds. The van der Waals surface area contributed by atoms with Gasteiger partial charge in [0, 0.05) is 18.1 Å². The quantitative estimate of drug-likeness (QED) is 0.815. The summed E-state index contributed by atoms with van der Waals surface area (Å²) in [5.41, 5.74) is 1.22. The Balaban J connectivity index is 1.67. The lowest BCUT2D eigenvalue weighted by Crippen LogP contribution is -2.16. The number of nitrogens with zero attached hydrogens (tertiary/aromatic N) is 2. The molecule has 2 rings (SSSR count). The van der Waals surface area contributed by atoms with Gasteiger partial charge in [-0.15, -0.1) is 0 Å². The third kappa shape index (κ3) is 4.39. The van der Waals surface area contributed by atoms with Gasteiger partial charge in [-0.05, 0) is 30.7 Å². The first-order chi connectivity index (χ1) is 9.16. The van der Waals surface area contributed by atoms with E-state index in [2.05, 4.69) is 10.3 Å². The zero-order valence-corrected chi connectivity index (χ0v) is 12.5. The molecule has 0 spiro atoms. The molecular weight excluding hydrogens is 305 g/mol. The van der Waals surface area contributed by atoms with Crippen LogP contribution in [0.2, 0.25) is 15.3 Å². The van der Waals surface area contributed by atoms with Crippen LogP contribution in [0.25, 0.3) is 0 Å². The van der Waals surface area contributed by atoms with Crippen LogP contribution >= 0.6 is 34.8 Å². The summed E-state index contributed by atoms with van der Waals surface area (Å²) in [6, 6.07) is 7.82. The fourth-order valence-electron chi connectivity index (χ4n) is 1.71. The lowest BCUT2D eigenvalue weighted by Gasteiger charge is -2.06. The number of halogens is 3. The van der Waals surface area contributed by atoms with Crippen molar-refractivity contribution in [2.45, 2.75) is 19.5 Å². The summed E-state index contributed by atoms with van der Waals surface area (Å²) < 4.78 is 1.84. The number of hydrogen-bond acceptors (Lipinski definition) is 2. The molecule has 2 aromatic rings. The van der Waals surface area contributed by atoms with Crippen molar-refractivity contribution >= 4 is 34.8 Å². The largest absolute Gasteiger partial charge is 0.320 e. The highest BCUT2D eigenvalue weighted by atomic mass is 35.5. The van der Waals surface area contributed by atoms with Crippen molar-refractivity contribution < 1.29 is 0 Å². The van der Waals surface area contributed by atoms with E-state index in [9.17, 15) is 0 Å². The number of benzene rings is 1. The minimum atomic E-state index is 0.357. The highest BCUT2D eigenvalue weighted by molar-refractivity contribution is 6.40. The van der Waals surface area contributed by atoms with Crippen molar-refractivity contribution in [2.24, 2.45) is 0 Å². The average Bonchev–Trinajstić information content (AvgIpc) is 2.72. The van der Waals surface area contributed by atoms with E-state index in [0.29, 0.717) is 10.3 Å². The van der Waals surface area contributed by atoms with E-state index in [1.807, 2.05) is 28.8 Å². The first kappa shape index (κ1) is 14.7. The predicted octanol–water partition coefficient (Wildman–Crippen LogP) is 4.02. The van der Waals surface area contributed by atoms with E-state index < -0.39 is 0 Å². The Morgan fingerprint density at radius 2 is 1.84 bits per heavy atom. The summed E-state index contributed by atoms with van der Waals surface area (Å²) in [5, 5.41) is 4.98. The molecule has 0 saturated heterocycles. The van der Waals surface area contributed by atoms with Crippen LogP contribution in [0.4, 0.5) is 0 Å². The van der Waals surface area contributed by atoms with Crippen LogP contribution in [0.15, 0.2) is 30.6 Å². The Bertz CT molecular complexity index is 522. The lowest BCUT2D eigenvalue weighted by molar-refractivity contribution is 0.581. The molecule has 0 aliphatic carbocycles. The molecule has 102 valence electrons. The van der Waals surface area contributed by atoms with Gasteiger partial charge in [-0.2, -0.15) is 0 Å².